The monoisotopic (exact) mass is 379 g/mol. The van der Waals surface area contributed by atoms with Gasteiger partial charge in [-0.2, -0.15) is 0 Å². The predicted octanol–water partition coefficient (Wildman–Crippen LogP) is 4.13. The van der Waals surface area contributed by atoms with Gasteiger partial charge in [-0.25, -0.2) is 0 Å². The molecule has 0 aliphatic heterocycles. The van der Waals surface area contributed by atoms with Crippen LogP contribution in [0.1, 0.15) is 5.56 Å². The first-order valence-electron chi connectivity index (χ1n) is 8.67. The smallest absolute Gasteiger partial charge is 0.316 e. The fourth-order valence-corrected chi connectivity index (χ4v) is 3.38. The maximum Gasteiger partial charge on any atom is 0.316 e. The lowest BCUT2D eigenvalue weighted by molar-refractivity contribution is -0.149. The third-order valence-electron chi connectivity index (χ3n) is 4.12. The van der Waals surface area contributed by atoms with E-state index in [4.69, 9.17) is 4.74 Å². The van der Waals surface area contributed by atoms with Crippen LogP contribution in [-0.2, 0) is 20.9 Å². The lowest BCUT2D eigenvalue weighted by Crippen LogP contribution is -2.31. The van der Waals surface area contributed by atoms with Crippen LogP contribution in [0.3, 0.4) is 0 Å². The Morgan fingerprint density at radius 1 is 0.926 bits per heavy atom. The average molecular weight is 379 g/mol. The fraction of sp³-hybridized carbons (Fsp3) is 0.182. The summed E-state index contributed by atoms with van der Waals surface area (Å²) in [6.07, 6.45) is 0. The molecular formula is C22H21NO3S. The number of fused-ring (bicyclic) bond motifs is 1. The van der Waals surface area contributed by atoms with Gasteiger partial charge in [0, 0.05) is 18.5 Å². The van der Waals surface area contributed by atoms with E-state index in [-0.39, 0.29) is 18.3 Å². The molecule has 0 heterocycles. The molecule has 3 aromatic carbocycles. The highest BCUT2D eigenvalue weighted by atomic mass is 32.2. The molecule has 0 saturated carbocycles. The first-order chi connectivity index (χ1) is 13.1. The number of esters is 1. The molecule has 0 saturated heterocycles. The Balaban J connectivity index is 1.44. The van der Waals surface area contributed by atoms with Gasteiger partial charge in [0.15, 0.2) is 6.61 Å². The zero-order valence-electron chi connectivity index (χ0n) is 15.1. The van der Waals surface area contributed by atoms with Gasteiger partial charge in [0.2, 0.25) is 0 Å². The summed E-state index contributed by atoms with van der Waals surface area (Å²) in [6, 6.07) is 23.8. The Hall–Kier alpha value is -2.79. The van der Waals surface area contributed by atoms with Crippen molar-refractivity contribution in [2.24, 2.45) is 0 Å². The third-order valence-corrected chi connectivity index (χ3v) is 5.09. The first-order valence-corrected chi connectivity index (χ1v) is 9.65. The van der Waals surface area contributed by atoms with Crippen LogP contribution in [0, 0.1) is 0 Å². The maximum atomic E-state index is 12.1. The van der Waals surface area contributed by atoms with E-state index in [0.29, 0.717) is 6.54 Å². The molecule has 0 fully saturated rings. The van der Waals surface area contributed by atoms with Gasteiger partial charge in [-0.1, -0.05) is 60.7 Å². The van der Waals surface area contributed by atoms with Gasteiger partial charge < -0.3 is 9.64 Å². The average Bonchev–Trinajstić information content (AvgIpc) is 2.71. The van der Waals surface area contributed by atoms with Crippen LogP contribution in [0.5, 0.6) is 0 Å². The Morgan fingerprint density at radius 3 is 2.41 bits per heavy atom. The largest absolute Gasteiger partial charge is 0.455 e. The van der Waals surface area contributed by atoms with E-state index in [1.165, 1.54) is 11.8 Å². The molecule has 4 nitrogen and oxygen atoms in total. The second kappa shape index (κ2) is 9.24. The molecule has 0 atom stereocenters. The molecular weight excluding hydrogens is 358 g/mol. The van der Waals surface area contributed by atoms with E-state index < -0.39 is 5.97 Å². The van der Waals surface area contributed by atoms with Crippen LogP contribution < -0.4 is 0 Å². The zero-order valence-corrected chi connectivity index (χ0v) is 15.9. The summed E-state index contributed by atoms with van der Waals surface area (Å²) in [5.41, 5.74) is 1.03. The van der Waals surface area contributed by atoms with Crippen LogP contribution in [0.2, 0.25) is 0 Å². The second-order valence-electron chi connectivity index (χ2n) is 6.19. The number of amides is 1. The molecule has 138 valence electrons. The van der Waals surface area contributed by atoms with Crippen LogP contribution in [0.4, 0.5) is 0 Å². The van der Waals surface area contributed by atoms with Crippen molar-refractivity contribution in [3.8, 4) is 0 Å². The highest BCUT2D eigenvalue weighted by Gasteiger charge is 2.13. The standard InChI is InChI=1S/C22H21NO3S/c1-23(14-17-7-3-2-4-8-17)21(24)15-26-22(25)16-27-20-12-11-18-9-5-6-10-19(18)13-20/h2-13H,14-16H2,1H3. The molecule has 0 radical (unpaired) electrons. The minimum atomic E-state index is -0.394. The number of hydrogen-bond acceptors (Lipinski definition) is 4. The maximum absolute atomic E-state index is 12.1. The SMILES string of the molecule is CN(Cc1ccccc1)C(=O)COC(=O)CSc1ccc2ccccc2c1. The molecule has 0 spiro atoms. The van der Waals surface area contributed by atoms with Crippen LogP contribution in [-0.4, -0.2) is 36.2 Å². The van der Waals surface area contributed by atoms with Crippen molar-refractivity contribution in [1.82, 2.24) is 4.90 Å². The van der Waals surface area contributed by atoms with Crippen molar-refractivity contribution in [3.63, 3.8) is 0 Å². The lowest BCUT2D eigenvalue weighted by atomic mass is 10.1. The van der Waals surface area contributed by atoms with Crippen molar-refractivity contribution >= 4 is 34.4 Å². The van der Waals surface area contributed by atoms with Crippen LogP contribution in [0.15, 0.2) is 77.7 Å². The Kier molecular flexibility index (Phi) is 6.49. The molecule has 27 heavy (non-hydrogen) atoms. The summed E-state index contributed by atoms with van der Waals surface area (Å²) in [5, 5.41) is 2.30. The first kappa shape index (κ1) is 19.0. The number of hydrogen-bond donors (Lipinski definition) is 0. The highest BCUT2D eigenvalue weighted by molar-refractivity contribution is 8.00. The summed E-state index contributed by atoms with van der Waals surface area (Å²) in [6.45, 7) is 0.253. The number of benzene rings is 3. The quantitative estimate of drug-likeness (QED) is 0.457. The summed E-state index contributed by atoms with van der Waals surface area (Å²) >= 11 is 1.41. The molecule has 0 bridgehead atoms. The lowest BCUT2D eigenvalue weighted by Gasteiger charge is -2.17. The topological polar surface area (TPSA) is 46.6 Å². The van der Waals surface area contributed by atoms with Gasteiger partial charge in [-0.15, -0.1) is 11.8 Å². The van der Waals surface area contributed by atoms with E-state index >= 15 is 0 Å². The minimum absolute atomic E-state index is 0.175. The summed E-state index contributed by atoms with van der Waals surface area (Å²) < 4.78 is 5.12. The van der Waals surface area contributed by atoms with Crippen molar-refractivity contribution in [3.05, 3.63) is 78.4 Å². The van der Waals surface area contributed by atoms with E-state index in [2.05, 4.69) is 6.07 Å². The van der Waals surface area contributed by atoms with Gasteiger partial charge in [0.05, 0.1) is 5.75 Å². The second-order valence-corrected chi connectivity index (χ2v) is 7.24. The summed E-state index contributed by atoms with van der Waals surface area (Å²) in [7, 11) is 1.70. The zero-order chi connectivity index (χ0) is 19.1. The van der Waals surface area contributed by atoms with E-state index in [1.54, 1.807) is 11.9 Å². The van der Waals surface area contributed by atoms with E-state index in [9.17, 15) is 9.59 Å². The predicted molar refractivity (Wildman–Crippen MR) is 109 cm³/mol. The van der Waals surface area contributed by atoms with Gasteiger partial charge in [-0.3, -0.25) is 9.59 Å². The number of carbonyl (C=O) groups excluding carboxylic acids is 2. The summed E-state index contributed by atoms with van der Waals surface area (Å²) in [4.78, 5) is 26.6. The minimum Gasteiger partial charge on any atom is -0.455 e. The molecule has 5 heteroatoms. The van der Waals surface area contributed by atoms with Gasteiger partial charge in [-0.05, 0) is 28.5 Å². The molecule has 0 aliphatic rings. The molecule has 0 unspecified atom stereocenters. The normalized spacial score (nSPS) is 10.6. The van der Waals surface area contributed by atoms with Crippen LogP contribution >= 0.6 is 11.8 Å². The highest BCUT2D eigenvalue weighted by Crippen LogP contribution is 2.23. The van der Waals surface area contributed by atoms with Crippen molar-refractivity contribution in [2.75, 3.05) is 19.4 Å². The molecule has 3 rings (SSSR count). The van der Waals surface area contributed by atoms with Gasteiger partial charge >= 0.3 is 5.97 Å². The molecule has 1 amide bonds. The molecule has 0 aromatic heterocycles. The number of nitrogens with zero attached hydrogens (tertiary/aromatic N) is 1. The number of likely N-dealkylation sites (N-methyl/N-ethyl adjacent to an activating group) is 1. The molecule has 3 aromatic rings. The van der Waals surface area contributed by atoms with Crippen molar-refractivity contribution in [2.45, 2.75) is 11.4 Å². The van der Waals surface area contributed by atoms with E-state index in [1.807, 2.05) is 66.7 Å². The van der Waals surface area contributed by atoms with Crippen molar-refractivity contribution < 1.29 is 14.3 Å². The number of carbonyl (C=O) groups is 2. The molecule has 0 N–H and O–H groups in total. The number of ether oxygens (including phenoxy) is 1. The van der Waals surface area contributed by atoms with E-state index in [0.717, 1.165) is 21.2 Å². The van der Waals surface area contributed by atoms with Crippen LogP contribution in [0.25, 0.3) is 10.8 Å². The third kappa shape index (κ3) is 5.59. The molecule has 0 aliphatic carbocycles. The number of rotatable bonds is 7. The fourth-order valence-electron chi connectivity index (χ4n) is 2.64. The Bertz CT molecular complexity index is 927. The Morgan fingerprint density at radius 2 is 1.63 bits per heavy atom. The van der Waals surface area contributed by atoms with Gasteiger partial charge in [0.1, 0.15) is 0 Å². The van der Waals surface area contributed by atoms with Crippen molar-refractivity contribution in [1.29, 1.82) is 0 Å². The van der Waals surface area contributed by atoms with Gasteiger partial charge in [0.25, 0.3) is 5.91 Å². The Labute approximate surface area is 163 Å². The summed E-state index contributed by atoms with van der Waals surface area (Å²) in [5.74, 6) is -0.439. The number of thioether (sulfide) groups is 1.